The van der Waals surface area contributed by atoms with Crippen LogP contribution in [0.2, 0.25) is 0 Å². The highest BCUT2D eigenvalue weighted by Gasteiger charge is 2.64. The summed E-state index contributed by atoms with van der Waals surface area (Å²) in [6.45, 7) is 2.55. The van der Waals surface area contributed by atoms with Crippen molar-refractivity contribution >= 4 is 17.7 Å². The summed E-state index contributed by atoms with van der Waals surface area (Å²) in [5, 5.41) is 26.1. The predicted molar refractivity (Wildman–Crippen MR) is 136 cm³/mol. The monoisotopic (exact) mass is 527 g/mol. The van der Waals surface area contributed by atoms with Gasteiger partial charge in [-0.3, -0.25) is 14.4 Å². The lowest BCUT2D eigenvalue weighted by Crippen LogP contribution is -2.57. The Labute approximate surface area is 220 Å². The number of rotatable bonds is 8. The standard InChI is InChI=1S/C28H31F2N3O5/c1-5-14-31-25(37)23-27(3,4)28(29,30)16-33(23)26(38)22(35)20(15-18-10-7-6-8-11-18)32-24(36)19-12-9-13-21(34)17(19)2/h1,6-13,20,22-23,34-35H,14-16H2,2-4H3,(H,31,37)(H,32,36). The zero-order valence-electron chi connectivity index (χ0n) is 21.4. The fraction of sp³-hybridized carbons (Fsp3) is 0.393. The first-order valence-electron chi connectivity index (χ1n) is 12.0. The second kappa shape index (κ2) is 11.2. The van der Waals surface area contributed by atoms with E-state index in [-0.39, 0.29) is 29.8 Å². The molecule has 1 heterocycles. The van der Waals surface area contributed by atoms with Gasteiger partial charge in [-0.15, -0.1) is 6.42 Å². The smallest absolute Gasteiger partial charge is 0.272 e. The number of phenols is 1. The van der Waals surface area contributed by atoms with Crippen LogP contribution in [0.3, 0.4) is 0 Å². The Bertz CT molecular complexity index is 1240. The van der Waals surface area contributed by atoms with Gasteiger partial charge < -0.3 is 25.7 Å². The fourth-order valence-corrected chi connectivity index (χ4v) is 4.58. The van der Waals surface area contributed by atoms with Gasteiger partial charge in [-0.2, -0.15) is 0 Å². The van der Waals surface area contributed by atoms with Gasteiger partial charge in [0, 0.05) is 11.1 Å². The van der Waals surface area contributed by atoms with Crippen molar-refractivity contribution in [2.24, 2.45) is 5.41 Å². The van der Waals surface area contributed by atoms with Gasteiger partial charge in [0.15, 0.2) is 6.10 Å². The average Bonchev–Trinajstić information content (AvgIpc) is 3.07. The van der Waals surface area contributed by atoms with E-state index in [0.717, 1.165) is 0 Å². The number of aliphatic hydroxyl groups is 1. The van der Waals surface area contributed by atoms with Crippen LogP contribution in [0.1, 0.15) is 35.3 Å². The van der Waals surface area contributed by atoms with Crippen LogP contribution in [0.25, 0.3) is 0 Å². The van der Waals surface area contributed by atoms with E-state index in [1.54, 1.807) is 30.3 Å². The molecule has 3 atom stereocenters. The first kappa shape index (κ1) is 28.6. The first-order valence-corrected chi connectivity index (χ1v) is 12.0. The lowest BCUT2D eigenvalue weighted by atomic mass is 9.81. The zero-order valence-corrected chi connectivity index (χ0v) is 21.4. The molecule has 4 N–H and O–H groups in total. The third-order valence-corrected chi connectivity index (χ3v) is 7.00. The SMILES string of the molecule is C#CCNC(=O)C1N(C(=O)C(O)C(Cc2ccccc2)NC(=O)c2cccc(O)c2C)CC(F)(F)C1(C)C. The molecule has 38 heavy (non-hydrogen) atoms. The molecule has 1 fully saturated rings. The average molecular weight is 528 g/mol. The van der Waals surface area contributed by atoms with Crippen LogP contribution >= 0.6 is 0 Å². The van der Waals surface area contributed by atoms with E-state index in [1.165, 1.54) is 39.0 Å². The van der Waals surface area contributed by atoms with Crippen molar-refractivity contribution in [2.45, 2.75) is 51.3 Å². The summed E-state index contributed by atoms with van der Waals surface area (Å²) in [5.74, 6) is -4.06. The molecule has 3 amide bonds. The van der Waals surface area contributed by atoms with Crippen molar-refractivity contribution in [1.82, 2.24) is 15.5 Å². The summed E-state index contributed by atoms with van der Waals surface area (Å²) >= 11 is 0. The number of halogens is 2. The number of likely N-dealkylation sites (tertiary alicyclic amines) is 1. The summed E-state index contributed by atoms with van der Waals surface area (Å²) in [4.78, 5) is 40.1. The van der Waals surface area contributed by atoms with Crippen molar-refractivity contribution in [3.63, 3.8) is 0 Å². The Morgan fingerprint density at radius 3 is 2.45 bits per heavy atom. The number of terminal acetylenes is 1. The van der Waals surface area contributed by atoms with Crippen LogP contribution in [0.15, 0.2) is 48.5 Å². The molecule has 0 spiro atoms. The van der Waals surface area contributed by atoms with Gasteiger partial charge in [0.05, 0.1) is 24.5 Å². The number of benzene rings is 2. The van der Waals surface area contributed by atoms with Gasteiger partial charge in [0.2, 0.25) is 5.91 Å². The Kier molecular flexibility index (Phi) is 8.42. The molecule has 2 aromatic carbocycles. The number of carbonyl (C=O) groups excluding carboxylic acids is 3. The molecule has 2 aromatic rings. The second-order valence-corrected chi connectivity index (χ2v) is 9.88. The summed E-state index contributed by atoms with van der Waals surface area (Å²) in [6, 6.07) is 10.2. The molecule has 10 heteroatoms. The number of hydrogen-bond acceptors (Lipinski definition) is 5. The number of phenolic OH excluding ortho intramolecular Hbond substituents is 1. The summed E-state index contributed by atoms with van der Waals surface area (Å²) in [7, 11) is 0. The minimum Gasteiger partial charge on any atom is -0.508 e. The molecule has 0 aromatic heterocycles. The first-order chi connectivity index (χ1) is 17.8. The molecule has 1 saturated heterocycles. The lowest BCUT2D eigenvalue weighted by molar-refractivity contribution is -0.148. The number of carbonyl (C=O) groups is 3. The maximum absolute atomic E-state index is 15.0. The number of nitrogens with zero attached hydrogens (tertiary/aromatic N) is 1. The van der Waals surface area contributed by atoms with Crippen LogP contribution < -0.4 is 10.6 Å². The molecule has 3 unspecified atom stereocenters. The number of aliphatic hydroxyl groups excluding tert-OH is 1. The molecule has 3 rings (SSSR count). The quantitative estimate of drug-likeness (QED) is 0.392. The Balaban J connectivity index is 1.95. The van der Waals surface area contributed by atoms with Gasteiger partial charge in [-0.05, 0) is 31.0 Å². The van der Waals surface area contributed by atoms with Crippen LogP contribution in [-0.2, 0) is 16.0 Å². The van der Waals surface area contributed by atoms with Crippen molar-refractivity contribution in [3.05, 3.63) is 65.2 Å². The largest absolute Gasteiger partial charge is 0.508 e. The van der Waals surface area contributed by atoms with Crippen molar-refractivity contribution in [3.8, 4) is 18.1 Å². The minimum atomic E-state index is -3.45. The highest BCUT2D eigenvalue weighted by atomic mass is 19.3. The number of hydrogen-bond donors (Lipinski definition) is 4. The van der Waals surface area contributed by atoms with Crippen LogP contribution in [0.5, 0.6) is 5.75 Å². The van der Waals surface area contributed by atoms with E-state index in [1.807, 2.05) is 0 Å². The second-order valence-electron chi connectivity index (χ2n) is 9.88. The number of nitrogens with one attached hydrogen (secondary N) is 2. The molecular weight excluding hydrogens is 496 g/mol. The molecule has 1 aliphatic heterocycles. The van der Waals surface area contributed by atoms with Crippen molar-refractivity contribution in [2.75, 3.05) is 13.1 Å². The normalized spacial score (nSPS) is 19.2. The lowest BCUT2D eigenvalue weighted by Gasteiger charge is -2.34. The van der Waals surface area contributed by atoms with Crippen LogP contribution in [0, 0.1) is 24.7 Å². The number of amides is 3. The zero-order chi connectivity index (χ0) is 28.3. The van der Waals surface area contributed by atoms with E-state index in [2.05, 4.69) is 16.6 Å². The minimum absolute atomic E-state index is 0.0149. The molecule has 0 bridgehead atoms. The predicted octanol–water partition coefficient (Wildman–Crippen LogP) is 2.02. The van der Waals surface area contributed by atoms with Crippen LogP contribution in [0.4, 0.5) is 8.78 Å². The highest BCUT2D eigenvalue weighted by Crippen LogP contribution is 2.48. The highest BCUT2D eigenvalue weighted by molar-refractivity contribution is 5.97. The summed E-state index contributed by atoms with van der Waals surface area (Å²) < 4.78 is 30.0. The van der Waals surface area contributed by atoms with E-state index in [4.69, 9.17) is 6.42 Å². The molecule has 8 nitrogen and oxygen atoms in total. The van der Waals surface area contributed by atoms with Gasteiger partial charge in [0.1, 0.15) is 11.8 Å². The Morgan fingerprint density at radius 1 is 1.16 bits per heavy atom. The topological polar surface area (TPSA) is 119 Å². The van der Waals surface area contributed by atoms with E-state index >= 15 is 8.78 Å². The summed E-state index contributed by atoms with van der Waals surface area (Å²) in [5.41, 5.74) is -0.899. The van der Waals surface area contributed by atoms with Gasteiger partial charge in [-0.1, -0.05) is 56.2 Å². The van der Waals surface area contributed by atoms with Crippen molar-refractivity contribution in [1.29, 1.82) is 0 Å². The third kappa shape index (κ3) is 5.63. The maximum Gasteiger partial charge on any atom is 0.272 e. The third-order valence-electron chi connectivity index (χ3n) is 7.00. The van der Waals surface area contributed by atoms with Crippen LogP contribution in [-0.4, -0.2) is 70.0 Å². The van der Waals surface area contributed by atoms with Gasteiger partial charge in [0.25, 0.3) is 17.7 Å². The molecular formula is C28H31F2N3O5. The Hall–Kier alpha value is -3.97. The number of alkyl halides is 2. The van der Waals surface area contributed by atoms with Gasteiger partial charge >= 0.3 is 0 Å². The molecule has 202 valence electrons. The van der Waals surface area contributed by atoms with E-state index < -0.39 is 53.8 Å². The van der Waals surface area contributed by atoms with Gasteiger partial charge in [-0.25, -0.2) is 8.78 Å². The molecule has 0 saturated carbocycles. The van der Waals surface area contributed by atoms with E-state index in [0.29, 0.717) is 10.5 Å². The fourth-order valence-electron chi connectivity index (χ4n) is 4.58. The summed E-state index contributed by atoms with van der Waals surface area (Å²) in [6.07, 6.45) is 3.19. The number of aromatic hydroxyl groups is 1. The van der Waals surface area contributed by atoms with E-state index in [9.17, 15) is 24.6 Å². The van der Waals surface area contributed by atoms with Crippen molar-refractivity contribution < 1.29 is 33.4 Å². The Morgan fingerprint density at radius 2 is 1.82 bits per heavy atom. The molecule has 0 radical (unpaired) electrons. The molecule has 0 aliphatic carbocycles. The molecule has 1 aliphatic rings. The maximum atomic E-state index is 15.0.